The van der Waals surface area contributed by atoms with Crippen LogP contribution in [0.2, 0.25) is 5.02 Å². The highest BCUT2D eigenvalue weighted by atomic mass is 79.9. The number of aliphatic hydroxyl groups excluding tert-OH is 1. The van der Waals surface area contributed by atoms with Crippen molar-refractivity contribution in [3.05, 3.63) is 253 Å². The van der Waals surface area contributed by atoms with Crippen molar-refractivity contribution in [2.24, 2.45) is 0 Å². The first-order chi connectivity index (χ1) is 68.2. The lowest BCUT2D eigenvalue weighted by molar-refractivity contribution is -0.129. The predicted molar refractivity (Wildman–Crippen MR) is 571 cm³/mol. The van der Waals surface area contributed by atoms with Gasteiger partial charge < -0.3 is 64.1 Å². The number of likely N-dealkylation sites (N-methyl/N-ethyl adjacent to an activating group) is 3. The Morgan fingerprint density at radius 3 is 2.01 bits per heavy atom. The monoisotopic (exact) mass is 2040 g/mol. The average molecular weight is 2040 g/mol. The van der Waals surface area contributed by atoms with E-state index in [0.29, 0.717) is 64.7 Å². The molecule has 141 heavy (non-hydrogen) atoms. The van der Waals surface area contributed by atoms with Crippen molar-refractivity contribution in [3.63, 3.8) is 0 Å². The Morgan fingerprint density at radius 2 is 1.34 bits per heavy atom. The topological polar surface area (TPSA) is 267 Å². The van der Waals surface area contributed by atoms with Gasteiger partial charge in [-0.15, -0.1) is 11.3 Å². The van der Waals surface area contributed by atoms with Gasteiger partial charge in [-0.3, -0.25) is 37.6 Å². The summed E-state index contributed by atoms with van der Waals surface area (Å²) >= 11 is 11.1. The molecule has 750 valence electrons. The summed E-state index contributed by atoms with van der Waals surface area (Å²) in [6.07, 6.45) is 19.7. The van der Waals surface area contributed by atoms with E-state index in [1.165, 1.54) is 114 Å². The Hall–Kier alpha value is -10.7. The maximum Gasteiger partial charge on any atom is 0.287 e. The number of aryl methyl sites for hydroxylation is 4. The molecule has 4 fully saturated rings. The number of piperazine rings is 2. The molecule has 6 aromatic heterocycles. The SMILES string of the molecule is C=S(=O)(CCC)c1ncc(Cl)c(C(=O)Nc2sc3c(c2C(=O)NCC)CCCC3)n1.CCN(CC)CCn1c2ccccc2n2cc(-c3ccc(C)cc3)nc12.CCN1CCN(C2(CNC(=O)C3Oc4cc(Br)ccc4C3C)CCCCC2)CC1.Cc1c(C(=O)NCC2(N3CCN(C)CC3)CCCCC2)oc2ccc(F)cc12.Cc1ccc(Cc2nc3ccccc3n2CC(O)COc2ccccc2)cc1. The zero-order valence-electron chi connectivity index (χ0n) is 83.5. The summed E-state index contributed by atoms with van der Waals surface area (Å²) in [5.41, 5.74) is 14.3. The molecule has 13 aromatic rings. The van der Waals surface area contributed by atoms with Crippen molar-refractivity contribution < 1.29 is 46.8 Å². The number of ether oxygens (including phenoxy) is 2. The van der Waals surface area contributed by atoms with Gasteiger partial charge in [0.05, 0.1) is 51.1 Å². The molecule has 7 aromatic carbocycles. The number of thiophene rings is 1. The van der Waals surface area contributed by atoms with E-state index in [4.69, 9.17) is 35.5 Å². The molecule has 0 radical (unpaired) electrons. The lowest BCUT2D eigenvalue weighted by Gasteiger charge is -2.50. The molecule has 6 aliphatic rings. The number of amides is 4. The van der Waals surface area contributed by atoms with Crippen LogP contribution < -0.4 is 30.7 Å². The molecular formula is C111H139BrClFN16O9S2. The first-order valence-corrected chi connectivity index (χ1v) is 54.4. The van der Waals surface area contributed by atoms with E-state index in [2.05, 4.69) is 225 Å². The van der Waals surface area contributed by atoms with E-state index in [1.54, 1.807) is 6.07 Å². The smallest absolute Gasteiger partial charge is 0.287 e. The van der Waals surface area contributed by atoms with Crippen molar-refractivity contribution >= 4 is 122 Å². The molecule has 3 aliphatic carbocycles. The quantitative estimate of drug-likeness (QED) is 0.0215. The molecule has 2 saturated carbocycles. The number of halogens is 3. The van der Waals surface area contributed by atoms with Gasteiger partial charge in [0.2, 0.25) is 10.9 Å². The average Bonchev–Trinajstić information content (AvgIpc) is 1.59. The third-order valence-corrected chi connectivity index (χ3v) is 32.7. The molecule has 0 spiro atoms. The van der Waals surface area contributed by atoms with Gasteiger partial charge in [0.15, 0.2) is 17.6 Å². The minimum atomic E-state index is -2.71. The summed E-state index contributed by atoms with van der Waals surface area (Å²) in [7, 11) is -0.543. The van der Waals surface area contributed by atoms with Crippen LogP contribution in [0.3, 0.4) is 0 Å². The van der Waals surface area contributed by atoms with Crippen molar-refractivity contribution in [1.29, 1.82) is 0 Å². The molecule has 19 rings (SSSR count). The van der Waals surface area contributed by atoms with Gasteiger partial charge in [-0.2, -0.15) is 0 Å². The molecule has 3 aliphatic heterocycles. The predicted octanol–water partition coefficient (Wildman–Crippen LogP) is 19.9. The van der Waals surface area contributed by atoms with Crippen LogP contribution in [-0.2, 0) is 46.7 Å². The molecule has 9 heterocycles. The van der Waals surface area contributed by atoms with Crippen LogP contribution in [0.5, 0.6) is 11.5 Å². The van der Waals surface area contributed by atoms with E-state index >= 15 is 0 Å². The highest BCUT2D eigenvalue weighted by molar-refractivity contribution is 9.10. The molecule has 4 amide bonds. The van der Waals surface area contributed by atoms with E-state index in [-0.39, 0.29) is 63.0 Å². The Balaban J connectivity index is 0.000000133. The van der Waals surface area contributed by atoms with E-state index in [0.717, 1.165) is 197 Å². The number of fused-ring (bicyclic) bond motifs is 7. The van der Waals surface area contributed by atoms with Crippen LogP contribution in [0, 0.1) is 26.6 Å². The summed E-state index contributed by atoms with van der Waals surface area (Å²) in [6, 6.07) is 53.7. The Morgan fingerprint density at radius 1 is 0.702 bits per heavy atom. The highest BCUT2D eigenvalue weighted by Crippen LogP contribution is 2.43. The van der Waals surface area contributed by atoms with E-state index < -0.39 is 27.6 Å². The lowest BCUT2D eigenvalue weighted by atomic mass is 9.79. The number of furan rings is 1. The molecule has 5 N–H and O–H groups in total. The van der Waals surface area contributed by atoms with Gasteiger partial charge >= 0.3 is 0 Å². The van der Waals surface area contributed by atoms with Gasteiger partial charge in [-0.1, -0.05) is 209 Å². The summed E-state index contributed by atoms with van der Waals surface area (Å²) in [5, 5.41) is 23.9. The van der Waals surface area contributed by atoms with Crippen LogP contribution in [0.1, 0.15) is 206 Å². The number of nitrogens with zero attached hydrogens (tertiary/aromatic N) is 12. The largest absolute Gasteiger partial charge is 0.491 e. The number of imidazole rings is 3. The third-order valence-electron chi connectivity index (χ3n) is 28.7. The number of benzene rings is 7. The third kappa shape index (κ3) is 25.6. The maximum atomic E-state index is 13.6. The summed E-state index contributed by atoms with van der Waals surface area (Å²) in [4.78, 5) is 83.4. The number of rotatable bonds is 29. The van der Waals surface area contributed by atoms with Crippen LogP contribution in [0.4, 0.5) is 9.39 Å². The fourth-order valence-corrected chi connectivity index (χ4v) is 23.7. The van der Waals surface area contributed by atoms with Crippen LogP contribution in [0.15, 0.2) is 190 Å². The zero-order valence-corrected chi connectivity index (χ0v) is 87.4. The molecule has 2 saturated heterocycles. The van der Waals surface area contributed by atoms with Gasteiger partial charge in [-0.25, -0.2) is 24.3 Å². The number of carbonyl (C=O) groups is 4. The first kappa shape index (κ1) is 105. The summed E-state index contributed by atoms with van der Waals surface area (Å²) in [5.74, 6) is 6.71. The molecule has 0 bridgehead atoms. The number of aromatic nitrogens is 7. The van der Waals surface area contributed by atoms with Gasteiger partial charge in [-0.05, 0) is 196 Å². The van der Waals surface area contributed by atoms with Gasteiger partial charge in [0, 0.05) is 161 Å². The van der Waals surface area contributed by atoms with Crippen molar-refractivity contribution in [2.45, 2.75) is 212 Å². The molecule has 25 nitrogen and oxygen atoms in total. The van der Waals surface area contributed by atoms with E-state index in [9.17, 15) is 32.9 Å². The second-order valence-corrected chi connectivity index (χ2v) is 43.2. The number of nitrogens with one attached hydrogen (secondary N) is 4. The number of hydrogen-bond acceptors (Lipinski definition) is 19. The van der Waals surface area contributed by atoms with Crippen molar-refractivity contribution in [2.75, 3.05) is 123 Å². The number of para-hydroxylation sites is 5. The number of anilines is 1. The first-order valence-electron chi connectivity index (χ1n) is 50.5. The zero-order chi connectivity index (χ0) is 99.5. The Kier molecular flexibility index (Phi) is 36.0. The van der Waals surface area contributed by atoms with E-state index in [1.807, 2.05) is 87.5 Å². The minimum Gasteiger partial charge on any atom is -0.491 e. The van der Waals surface area contributed by atoms with Crippen LogP contribution in [0.25, 0.3) is 50.1 Å². The van der Waals surface area contributed by atoms with Crippen molar-refractivity contribution in [1.82, 2.24) is 73.9 Å². The number of hydrogen-bond donors (Lipinski definition) is 5. The summed E-state index contributed by atoms with van der Waals surface area (Å²) < 4.78 is 51.5. The molecule has 4 unspecified atom stereocenters. The van der Waals surface area contributed by atoms with Gasteiger partial charge in [0.1, 0.15) is 46.4 Å². The second-order valence-electron chi connectivity index (χ2n) is 38.4. The Bertz CT molecular complexity index is 6530. The lowest BCUT2D eigenvalue weighted by Crippen LogP contribution is -2.62. The van der Waals surface area contributed by atoms with Crippen molar-refractivity contribution in [3.8, 4) is 22.8 Å². The fraction of sp³-hybridized carbons (Fsp3) is 0.450. The maximum absolute atomic E-state index is 13.6. The normalized spacial score (nSPS) is 17.6. The molecule has 4 atom stereocenters. The fourth-order valence-electron chi connectivity index (χ4n) is 20.6. The van der Waals surface area contributed by atoms with Crippen LogP contribution >= 0.6 is 38.9 Å². The van der Waals surface area contributed by atoms with Gasteiger partial charge in [0.25, 0.3) is 23.6 Å². The second kappa shape index (κ2) is 48.6. The Labute approximate surface area is 847 Å². The minimum absolute atomic E-state index is 0.00771. The molecule has 30 heteroatoms. The molecular weight excluding hydrogens is 1900 g/mol. The number of aliphatic hydroxyl groups is 1. The standard InChI is InChI=1S/C24H24N2O2.C23H34BrN3O2.C22H30FN3O2.C22H26N4.C20H25ClN4O3S2/c1-18-11-13-19(14-12-18)15-24-25-22-9-5-6-10-23(22)26(24)16-20(27)17-28-21-7-3-2-4-8-21;1-3-26-11-13-27(14-12-26)23(9-5-4-6-10-23)16-25-22(28)21-17(2)19-8-7-18(24)15-20(19)29-21;1-16-18-14-17(23)6-7-19(18)28-20(16)21(27)24-15-22(8-4-3-5-9-22)26-12-10-25(2)11-13-26;1-4-24(5-2)14-15-25-20-8-6-7-9-21(20)26-16-19(23-22(25)26)18-12-10-17(3)11-13-18;1-4-10-30(3,28)20-23-11-13(21)16(24-20)18(27)25-19-15(17(26)22-5-2)12-8-6-7-9-14(12)29-19/h2-14,20,27H,15-17H2,1H3;7-8,15,17,21H,3-6,9-14,16H2,1-2H3,(H,25,28);6-7,14H,3-5,8-13,15H2,1-2H3,(H,24,27);6-13,16H,4-5,14-15H2,1-3H3;11H,3-10H2,1-2H3,(H,22,26)(H,25,27). The summed E-state index contributed by atoms with van der Waals surface area (Å²) in [6.45, 7) is 35.1. The van der Waals surface area contributed by atoms with Crippen LogP contribution in [-0.4, -0.2) is 238 Å². The highest BCUT2D eigenvalue weighted by Gasteiger charge is 2.44. The number of carbonyl (C=O) groups excluding carboxylic acids is 4.